The molecule has 2 aromatic rings. The predicted molar refractivity (Wildman–Crippen MR) is 75.4 cm³/mol. The molecule has 1 fully saturated rings. The van der Waals surface area contributed by atoms with E-state index in [2.05, 4.69) is 31.2 Å². The Bertz CT molecular complexity index is 621. The number of hydrogen-bond donors (Lipinski definition) is 1. The van der Waals surface area contributed by atoms with Crippen molar-refractivity contribution in [3.63, 3.8) is 0 Å². The Balaban J connectivity index is 1.82. The van der Waals surface area contributed by atoms with E-state index < -0.39 is 0 Å². The lowest BCUT2D eigenvalue weighted by atomic mass is 10.4. The van der Waals surface area contributed by atoms with E-state index in [0.717, 1.165) is 12.8 Å². The molecule has 1 N–H and O–H groups in total. The van der Waals surface area contributed by atoms with Crippen LogP contribution in [0, 0.1) is 0 Å². The van der Waals surface area contributed by atoms with Crippen LogP contribution in [0.1, 0.15) is 29.4 Å². The fraction of sp³-hybridized carbons (Fsp3) is 0.250. The van der Waals surface area contributed by atoms with Crippen molar-refractivity contribution in [3.05, 3.63) is 40.0 Å². The van der Waals surface area contributed by atoms with Crippen molar-refractivity contribution in [2.45, 2.75) is 18.9 Å². The quantitative estimate of drug-likeness (QED) is 0.932. The Labute approximate surface area is 123 Å². The number of anilines is 1. The van der Waals surface area contributed by atoms with Gasteiger partial charge in [-0.15, -0.1) is 0 Å². The Morgan fingerprint density at radius 3 is 2.84 bits per heavy atom. The minimum atomic E-state index is -0.226. The topological polar surface area (TPSA) is 59.8 Å². The summed E-state index contributed by atoms with van der Waals surface area (Å²) in [6.45, 7) is 0. The smallest absolute Gasteiger partial charge is 0.273 e. The van der Waals surface area contributed by atoms with Crippen molar-refractivity contribution < 1.29 is 4.79 Å². The molecule has 1 amide bonds. The summed E-state index contributed by atoms with van der Waals surface area (Å²) in [7, 11) is 0. The van der Waals surface area contributed by atoms with Crippen LogP contribution in [-0.4, -0.2) is 20.4 Å². The molecule has 98 valence electrons. The van der Waals surface area contributed by atoms with E-state index in [9.17, 15) is 4.79 Å². The van der Waals surface area contributed by atoms with Crippen molar-refractivity contribution >= 4 is 39.3 Å². The molecule has 5 nitrogen and oxygen atoms in total. The second-order valence-electron chi connectivity index (χ2n) is 4.36. The SMILES string of the molecule is O=C(Nc1cnc(Br)cn1)c1cc(Cl)cn1C1CC1. The third-order valence-electron chi connectivity index (χ3n) is 2.85. The number of rotatable bonds is 3. The summed E-state index contributed by atoms with van der Waals surface area (Å²) >= 11 is 9.16. The molecule has 0 bridgehead atoms. The molecule has 0 spiro atoms. The van der Waals surface area contributed by atoms with E-state index in [4.69, 9.17) is 11.6 Å². The summed E-state index contributed by atoms with van der Waals surface area (Å²) in [6.07, 6.45) is 6.99. The van der Waals surface area contributed by atoms with Gasteiger partial charge in [-0.2, -0.15) is 0 Å². The molecule has 0 radical (unpaired) electrons. The Hall–Kier alpha value is -1.40. The fourth-order valence-corrected chi connectivity index (χ4v) is 2.25. The van der Waals surface area contributed by atoms with Gasteiger partial charge in [0.1, 0.15) is 10.3 Å². The third kappa shape index (κ3) is 2.79. The largest absolute Gasteiger partial charge is 0.339 e. The zero-order valence-corrected chi connectivity index (χ0v) is 12.1. The van der Waals surface area contributed by atoms with Crippen molar-refractivity contribution in [1.29, 1.82) is 0 Å². The summed E-state index contributed by atoms with van der Waals surface area (Å²) in [5.74, 6) is 0.184. The van der Waals surface area contributed by atoms with Crippen molar-refractivity contribution in [3.8, 4) is 0 Å². The number of carbonyl (C=O) groups is 1. The van der Waals surface area contributed by atoms with Gasteiger partial charge in [0.2, 0.25) is 0 Å². The van der Waals surface area contributed by atoms with E-state index in [0.29, 0.717) is 27.2 Å². The second kappa shape index (κ2) is 4.94. The normalized spacial score (nSPS) is 14.4. The predicted octanol–water partition coefficient (Wildman–Crippen LogP) is 3.28. The number of halogens is 2. The highest BCUT2D eigenvalue weighted by molar-refractivity contribution is 9.10. The van der Waals surface area contributed by atoms with Crippen LogP contribution in [0.3, 0.4) is 0 Å². The molecule has 0 saturated heterocycles. The summed E-state index contributed by atoms with van der Waals surface area (Å²) < 4.78 is 2.54. The zero-order valence-electron chi connectivity index (χ0n) is 9.81. The number of hydrogen-bond acceptors (Lipinski definition) is 3. The second-order valence-corrected chi connectivity index (χ2v) is 5.61. The average molecular weight is 342 g/mol. The van der Waals surface area contributed by atoms with Gasteiger partial charge in [-0.05, 0) is 34.8 Å². The van der Waals surface area contributed by atoms with Crippen LogP contribution in [-0.2, 0) is 0 Å². The number of nitrogens with one attached hydrogen (secondary N) is 1. The van der Waals surface area contributed by atoms with Crippen LogP contribution in [0.25, 0.3) is 0 Å². The monoisotopic (exact) mass is 340 g/mol. The van der Waals surface area contributed by atoms with Gasteiger partial charge >= 0.3 is 0 Å². The molecule has 1 aliphatic carbocycles. The van der Waals surface area contributed by atoms with Crippen molar-refractivity contribution in [2.24, 2.45) is 0 Å². The number of carbonyl (C=O) groups excluding carboxylic acids is 1. The molecule has 7 heteroatoms. The molecule has 0 aliphatic heterocycles. The molecular formula is C12H10BrClN4O. The Morgan fingerprint density at radius 1 is 1.42 bits per heavy atom. The van der Waals surface area contributed by atoms with Crippen molar-refractivity contribution in [1.82, 2.24) is 14.5 Å². The first-order chi connectivity index (χ1) is 9.13. The van der Waals surface area contributed by atoms with Crippen LogP contribution >= 0.6 is 27.5 Å². The maximum absolute atomic E-state index is 12.2. The van der Waals surface area contributed by atoms with Crippen LogP contribution < -0.4 is 5.32 Å². The third-order valence-corrected chi connectivity index (χ3v) is 3.47. The van der Waals surface area contributed by atoms with E-state index in [1.165, 1.54) is 12.4 Å². The molecule has 0 aromatic carbocycles. The first-order valence-corrected chi connectivity index (χ1v) is 6.97. The summed E-state index contributed by atoms with van der Waals surface area (Å²) in [5.41, 5.74) is 0.553. The lowest BCUT2D eigenvalue weighted by molar-refractivity contribution is 0.101. The number of aromatic nitrogens is 3. The highest BCUT2D eigenvalue weighted by Gasteiger charge is 2.27. The molecule has 1 aliphatic rings. The van der Waals surface area contributed by atoms with E-state index in [-0.39, 0.29) is 5.91 Å². The van der Waals surface area contributed by atoms with Gasteiger partial charge in [0.15, 0.2) is 5.82 Å². The molecule has 2 heterocycles. The van der Waals surface area contributed by atoms with Crippen LogP contribution in [0.15, 0.2) is 29.3 Å². The maximum Gasteiger partial charge on any atom is 0.273 e. The minimum Gasteiger partial charge on any atom is -0.339 e. The highest BCUT2D eigenvalue weighted by atomic mass is 79.9. The van der Waals surface area contributed by atoms with Gasteiger partial charge in [0.05, 0.1) is 17.4 Å². The number of nitrogens with zero attached hydrogens (tertiary/aromatic N) is 3. The van der Waals surface area contributed by atoms with Crippen molar-refractivity contribution in [2.75, 3.05) is 5.32 Å². The van der Waals surface area contributed by atoms with Gasteiger partial charge in [-0.1, -0.05) is 11.6 Å². The first-order valence-electron chi connectivity index (χ1n) is 5.80. The van der Waals surface area contributed by atoms with Crippen LogP contribution in [0.5, 0.6) is 0 Å². The standard InChI is InChI=1S/C12H10BrClN4O/c13-10-4-16-11(5-15-10)17-12(19)9-3-7(14)6-18(9)8-1-2-8/h3-6,8H,1-2H2,(H,16,17,19). The molecule has 2 aromatic heterocycles. The van der Waals surface area contributed by atoms with Gasteiger partial charge in [-0.3, -0.25) is 4.79 Å². The zero-order chi connectivity index (χ0) is 13.4. The first kappa shape index (κ1) is 12.6. The maximum atomic E-state index is 12.2. The molecule has 1 saturated carbocycles. The fourth-order valence-electron chi connectivity index (χ4n) is 1.84. The van der Waals surface area contributed by atoms with Crippen LogP contribution in [0.4, 0.5) is 5.82 Å². The van der Waals surface area contributed by atoms with Gasteiger partial charge in [-0.25, -0.2) is 9.97 Å². The van der Waals surface area contributed by atoms with Gasteiger partial charge < -0.3 is 9.88 Å². The lowest BCUT2D eigenvalue weighted by Gasteiger charge is -2.07. The summed E-state index contributed by atoms with van der Waals surface area (Å²) in [4.78, 5) is 20.3. The summed E-state index contributed by atoms with van der Waals surface area (Å²) in [5, 5.41) is 3.28. The molecule has 3 rings (SSSR count). The van der Waals surface area contributed by atoms with Gasteiger partial charge in [0.25, 0.3) is 5.91 Å². The molecule has 19 heavy (non-hydrogen) atoms. The van der Waals surface area contributed by atoms with E-state index in [1.807, 2.05) is 4.57 Å². The Morgan fingerprint density at radius 2 is 2.21 bits per heavy atom. The average Bonchev–Trinajstić information content (AvgIpc) is 3.15. The van der Waals surface area contributed by atoms with E-state index >= 15 is 0 Å². The van der Waals surface area contributed by atoms with E-state index in [1.54, 1.807) is 12.3 Å². The van der Waals surface area contributed by atoms with Gasteiger partial charge in [0, 0.05) is 12.2 Å². The minimum absolute atomic E-state index is 0.226. The molecular weight excluding hydrogens is 332 g/mol. The van der Waals surface area contributed by atoms with Crippen LogP contribution in [0.2, 0.25) is 5.02 Å². The lowest BCUT2D eigenvalue weighted by Crippen LogP contribution is -2.17. The number of amides is 1. The summed E-state index contributed by atoms with van der Waals surface area (Å²) in [6, 6.07) is 2.06. The Kier molecular flexibility index (Phi) is 3.28. The molecule has 0 unspecified atom stereocenters. The molecule has 0 atom stereocenters. The highest BCUT2D eigenvalue weighted by Crippen LogP contribution is 2.37.